The number of halogens is 3. The highest BCUT2D eigenvalue weighted by Crippen LogP contribution is 2.32. The Morgan fingerprint density at radius 2 is 1.64 bits per heavy atom. The summed E-state index contributed by atoms with van der Waals surface area (Å²) in [5, 5.41) is 0. The molecule has 5 heteroatoms. The molecule has 0 saturated carbocycles. The quantitative estimate of drug-likeness (QED) is 0.589. The van der Waals surface area contributed by atoms with Crippen LogP contribution in [0.1, 0.15) is 0 Å². The minimum Gasteiger partial charge on any atom is -0.542 e. The maximum absolute atomic E-state index is 13.3. The van der Waals surface area contributed by atoms with Gasteiger partial charge >= 0.3 is 0 Å². The lowest BCUT2D eigenvalue weighted by molar-refractivity contribution is 0.481. The largest absolute Gasteiger partial charge is 0.542 e. The molecule has 0 unspecified atom stereocenters. The second-order valence-electron chi connectivity index (χ2n) is 3.89. The molecule has 0 aliphatic heterocycles. The monoisotopic (exact) mass is 280 g/mol. The molecule has 0 radical (unpaired) electrons. The zero-order valence-corrected chi connectivity index (χ0v) is 10.8. The van der Waals surface area contributed by atoms with Crippen LogP contribution >= 0.6 is 15.9 Å². The van der Waals surface area contributed by atoms with Crippen LogP contribution in [0.15, 0.2) is 16.6 Å². The maximum atomic E-state index is 13.3. The third kappa shape index (κ3) is 2.78. The van der Waals surface area contributed by atoms with Gasteiger partial charge in [-0.05, 0) is 47.7 Å². The van der Waals surface area contributed by atoms with Crippen molar-refractivity contribution in [3.05, 3.63) is 28.2 Å². The van der Waals surface area contributed by atoms with Crippen LogP contribution in [0.3, 0.4) is 0 Å². The van der Waals surface area contributed by atoms with Gasteiger partial charge in [-0.1, -0.05) is 0 Å². The van der Waals surface area contributed by atoms with Crippen LogP contribution in [-0.2, 0) is 0 Å². The van der Waals surface area contributed by atoms with Crippen LogP contribution in [0.2, 0.25) is 19.6 Å². The lowest BCUT2D eigenvalue weighted by Gasteiger charge is -2.20. The van der Waals surface area contributed by atoms with Crippen molar-refractivity contribution in [1.29, 1.82) is 0 Å². The molecule has 0 aliphatic carbocycles. The van der Waals surface area contributed by atoms with E-state index in [1.807, 2.05) is 19.6 Å². The summed E-state index contributed by atoms with van der Waals surface area (Å²) in [7, 11) is -1.92. The molecular formula is C9H11BrF2OSi. The van der Waals surface area contributed by atoms with E-state index < -0.39 is 20.0 Å². The Bertz CT molecular complexity index is 349. The Morgan fingerprint density at radius 1 is 1.14 bits per heavy atom. The lowest BCUT2D eigenvalue weighted by atomic mass is 10.3. The van der Waals surface area contributed by atoms with E-state index in [0.717, 1.165) is 12.1 Å². The van der Waals surface area contributed by atoms with Crippen LogP contribution in [-0.4, -0.2) is 8.32 Å². The highest BCUT2D eigenvalue weighted by Gasteiger charge is 2.21. The molecule has 0 fully saturated rings. The molecule has 1 rings (SSSR count). The summed E-state index contributed by atoms with van der Waals surface area (Å²) in [6.07, 6.45) is 0. The summed E-state index contributed by atoms with van der Waals surface area (Å²) in [6.45, 7) is 5.72. The van der Waals surface area contributed by atoms with E-state index >= 15 is 0 Å². The zero-order valence-electron chi connectivity index (χ0n) is 8.20. The Kier molecular flexibility index (Phi) is 3.31. The molecule has 14 heavy (non-hydrogen) atoms. The number of rotatable bonds is 2. The number of benzene rings is 1. The smallest absolute Gasteiger partial charge is 0.242 e. The molecule has 1 aromatic rings. The van der Waals surface area contributed by atoms with E-state index in [0.29, 0.717) is 0 Å². The van der Waals surface area contributed by atoms with Crippen molar-refractivity contribution in [3.8, 4) is 5.75 Å². The van der Waals surface area contributed by atoms with Gasteiger partial charge in [0, 0.05) is 0 Å². The predicted molar refractivity (Wildman–Crippen MR) is 58.0 cm³/mol. The molecule has 0 aliphatic rings. The molecular weight excluding hydrogens is 270 g/mol. The molecule has 0 aromatic heterocycles. The fourth-order valence-electron chi connectivity index (χ4n) is 0.908. The van der Waals surface area contributed by atoms with Gasteiger partial charge in [-0.15, -0.1) is 0 Å². The van der Waals surface area contributed by atoms with E-state index in [4.69, 9.17) is 4.43 Å². The first-order valence-electron chi connectivity index (χ1n) is 4.14. The van der Waals surface area contributed by atoms with Crippen LogP contribution in [0.25, 0.3) is 0 Å². The molecule has 0 heterocycles. The highest BCUT2D eigenvalue weighted by molar-refractivity contribution is 9.10. The van der Waals surface area contributed by atoms with Crippen molar-refractivity contribution < 1.29 is 13.2 Å². The predicted octanol–water partition coefficient (Wildman–Crippen LogP) is 3.94. The Balaban J connectivity index is 3.13. The molecule has 1 nitrogen and oxygen atoms in total. The molecule has 78 valence electrons. The lowest BCUT2D eigenvalue weighted by Crippen LogP contribution is -2.30. The number of hydrogen-bond donors (Lipinski definition) is 0. The minimum atomic E-state index is -1.92. The average molecular weight is 281 g/mol. The molecule has 0 amide bonds. The SMILES string of the molecule is C[Si](C)(C)Oc1c(F)ccc(F)c1Br. The first-order chi connectivity index (χ1) is 6.31. The summed E-state index contributed by atoms with van der Waals surface area (Å²) in [4.78, 5) is 0. The van der Waals surface area contributed by atoms with Gasteiger partial charge < -0.3 is 4.43 Å². The van der Waals surface area contributed by atoms with E-state index in [1.54, 1.807) is 0 Å². The average Bonchev–Trinajstić information content (AvgIpc) is 2.04. The standard InChI is InChI=1S/C9H11BrF2OSi/c1-14(2,3)13-9-7(12)5-4-6(11)8(9)10/h4-5H,1-3H3. The van der Waals surface area contributed by atoms with Crippen LogP contribution in [0, 0.1) is 11.6 Å². The fourth-order valence-corrected chi connectivity index (χ4v) is 2.27. The van der Waals surface area contributed by atoms with Crippen LogP contribution < -0.4 is 4.43 Å². The zero-order chi connectivity index (χ0) is 10.9. The van der Waals surface area contributed by atoms with Crippen LogP contribution in [0.5, 0.6) is 5.75 Å². The summed E-state index contributed by atoms with van der Waals surface area (Å²) in [6, 6.07) is 2.13. The highest BCUT2D eigenvalue weighted by atomic mass is 79.9. The van der Waals surface area contributed by atoms with Crippen molar-refractivity contribution in [1.82, 2.24) is 0 Å². The van der Waals surface area contributed by atoms with E-state index in [2.05, 4.69) is 15.9 Å². The molecule has 0 spiro atoms. The van der Waals surface area contributed by atoms with E-state index in [1.165, 1.54) is 0 Å². The normalized spacial score (nSPS) is 11.6. The third-order valence-electron chi connectivity index (χ3n) is 1.41. The van der Waals surface area contributed by atoms with Gasteiger partial charge in [-0.3, -0.25) is 0 Å². The van der Waals surface area contributed by atoms with Gasteiger partial charge in [-0.2, -0.15) is 0 Å². The Morgan fingerprint density at radius 3 is 2.14 bits per heavy atom. The van der Waals surface area contributed by atoms with Gasteiger partial charge in [0.05, 0.1) is 4.47 Å². The summed E-state index contributed by atoms with van der Waals surface area (Å²) in [5.41, 5.74) is 0. The molecule has 0 saturated heterocycles. The summed E-state index contributed by atoms with van der Waals surface area (Å²) in [5.74, 6) is -1.08. The van der Waals surface area contributed by atoms with Crippen molar-refractivity contribution in [2.45, 2.75) is 19.6 Å². The van der Waals surface area contributed by atoms with Gasteiger partial charge in [0.15, 0.2) is 11.6 Å². The van der Waals surface area contributed by atoms with Gasteiger partial charge in [-0.25, -0.2) is 8.78 Å². The second kappa shape index (κ2) is 3.98. The number of hydrogen-bond acceptors (Lipinski definition) is 1. The summed E-state index contributed by atoms with van der Waals surface area (Å²) < 4.78 is 31.8. The third-order valence-corrected chi connectivity index (χ3v) is 2.97. The van der Waals surface area contributed by atoms with Crippen LogP contribution in [0.4, 0.5) is 8.78 Å². The maximum Gasteiger partial charge on any atom is 0.242 e. The molecule has 0 atom stereocenters. The first kappa shape index (κ1) is 11.7. The van der Waals surface area contributed by atoms with Gasteiger partial charge in [0.2, 0.25) is 8.32 Å². The molecule has 0 N–H and O–H groups in total. The Labute approximate surface area is 91.3 Å². The second-order valence-corrected chi connectivity index (χ2v) is 9.11. The van der Waals surface area contributed by atoms with E-state index in [9.17, 15) is 8.78 Å². The van der Waals surface area contributed by atoms with Crippen molar-refractivity contribution in [3.63, 3.8) is 0 Å². The molecule has 1 aromatic carbocycles. The Hall–Kier alpha value is -0.423. The minimum absolute atomic E-state index is 0.0239. The van der Waals surface area contributed by atoms with E-state index in [-0.39, 0.29) is 10.2 Å². The van der Waals surface area contributed by atoms with Crippen molar-refractivity contribution in [2.75, 3.05) is 0 Å². The molecule has 0 bridgehead atoms. The van der Waals surface area contributed by atoms with Crippen molar-refractivity contribution >= 4 is 24.2 Å². The fraction of sp³-hybridized carbons (Fsp3) is 0.333. The first-order valence-corrected chi connectivity index (χ1v) is 8.34. The summed E-state index contributed by atoms with van der Waals surface area (Å²) >= 11 is 2.97. The van der Waals surface area contributed by atoms with Gasteiger partial charge in [0.25, 0.3) is 0 Å². The van der Waals surface area contributed by atoms with Crippen molar-refractivity contribution in [2.24, 2.45) is 0 Å². The van der Waals surface area contributed by atoms with Gasteiger partial charge in [0.1, 0.15) is 5.82 Å². The topological polar surface area (TPSA) is 9.23 Å².